The highest BCUT2D eigenvalue weighted by Gasteiger charge is 2.26. The summed E-state index contributed by atoms with van der Waals surface area (Å²) in [7, 11) is 0. The Labute approximate surface area is 183 Å². The molecule has 1 unspecified atom stereocenters. The number of hydrogen-bond donors (Lipinski definition) is 2. The summed E-state index contributed by atoms with van der Waals surface area (Å²) < 4.78 is 15.3. The summed E-state index contributed by atoms with van der Waals surface area (Å²) in [5.74, 6) is 0.420. The van der Waals surface area contributed by atoms with Crippen molar-refractivity contribution >= 4 is 29.5 Å². The first-order valence-electron chi connectivity index (χ1n) is 9.99. The third-order valence-corrected chi connectivity index (χ3v) is 6.62. The molecule has 2 N–H and O–H groups in total. The first-order valence-corrected chi connectivity index (χ1v) is 11.3. The Morgan fingerprint density at radius 2 is 2.07 bits per heavy atom. The topological polar surface area (TPSA) is 66.0 Å². The summed E-state index contributed by atoms with van der Waals surface area (Å²) in [6.45, 7) is 4.43. The Bertz CT molecular complexity index is 1040. The van der Waals surface area contributed by atoms with Gasteiger partial charge in [0, 0.05) is 25.7 Å². The Balaban J connectivity index is 1.34. The van der Waals surface area contributed by atoms with Gasteiger partial charge in [0.05, 0.1) is 4.88 Å². The zero-order valence-corrected chi connectivity index (χ0v) is 18.3. The molecule has 1 aromatic carbocycles. The van der Waals surface area contributed by atoms with Crippen LogP contribution in [-0.4, -0.2) is 44.7 Å². The van der Waals surface area contributed by atoms with Crippen molar-refractivity contribution in [3.05, 3.63) is 57.9 Å². The van der Waals surface area contributed by atoms with Gasteiger partial charge in [0.15, 0.2) is 10.6 Å². The monoisotopic (exact) mass is 445 g/mol. The number of aromatic amines is 1. The highest BCUT2D eigenvalue weighted by atomic mass is 32.1. The number of benzene rings is 1. The van der Waals surface area contributed by atoms with Crippen molar-refractivity contribution in [2.75, 3.05) is 13.1 Å². The molecule has 0 aliphatic carbocycles. The molecule has 0 saturated carbocycles. The first kappa shape index (κ1) is 20.9. The van der Waals surface area contributed by atoms with Gasteiger partial charge in [-0.1, -0.05) is 18.2 Å². The van der Waals surface area contributed by atoms with Gasteiger partial charge in [-0.15, -0.1) is 11.3 Å². The maximum atomic E-state index is 13.1. The predicted octanol–water partition coefficient (Wildman–Crippen LogP) is 4.15. The smallest absolute Gasteiger partial charge is 0.243 e. The number of aromatic nitrogens is 3. The number of likely N-dealkylation sites (tertiary alicyclic amines) is 1. The molecule has 1 amide bonds. The van der Waals surface area contributed by atoms with Crippen LogP contribution in [0.4, 0.5) is 4.39 Å². The van der Waals surface area contributed by atoms with Crippen LogP contribution in [-0.2, 0) is 11.3 Å². The molecule has 3 heterocycles. The summed E-state index contributed by atoms with van der Waals surface area (Å²) in [5.41, 5.74) is 1.10. The number of carbonyl (C=O) groups excluding carboxylic acids is 1. The predicted molar refractivity (Wildman–Crippen MR) is 118 cm³/mol. The molecule has 1 atom stereocenters. The van der Waals surface area contributed by atoms with E-state index in [0.717, 1.165) is 42.9 Å². The van der Waals surface area contributed by atoms with Gasteiger partial charge in [-0.25, -0.2) is 4.39 Å². The normalized spacial score (nSPS) is 16.5. The molecule has 9 heteroatoms. The quantitative estimate of drug-likeness (QED) is 0.560. The van der Waals surface area contributed by atoms with Crippen molar-refractivity contribution in [3.63, 3.8) is 0 Å². The van der Waals surface area contributed by atoms with Gasteiger partial charge in [0.25, 0.3) is 0 Å². The Kier molecular flexibility index (Phi) is 6.40. The average molecular weight is 446 g/mol. The molecule has 3 aromatic rings. The van der Waals surface area contributed by atoms with E-state index in [-0.39, 0.29) is 17.8 Å². The fourth-order valence-corrected chi connectivity index (χ4v) is 4.77. The molecule has 2 aromatic heterocycles. The second-order valence-corrected chi connectivity index (χ2v) is 8.90. The number of H-pyrrole nitrogens is 1. The standard InChI is InChI=1S/C21H24FN5OS2/c1-14(27-19(24-25-21(27)29)18-3-2-12-30-18)20(28)23-17-8-10-26(11-9-17)13-15-4-6-16(22)7-5-15/h2-7,12,14,17H,8-11,13H2,1H3,(H,23,28)(H,25,29). The number of carbonyl (C=O) groups is 1. The van der Waals surface area contributed by atoms with Gasteiger partial charge in [-0.05, 0) is 61.1 Å². The van der Waals surface area contributed by atoms with E-state index in [4.69, 9.17) is 12.2 Å². The van der Waals surface area contributed by atoms with E-state index < -0.39 is 6.04 Å². The van der Waals surface area contributed by atoms with E-state index in [9.17, 15) is 9.18 Å². The molecule has 6 nitrogen and oxygen atoms in total. The van der Waals surface area contributed by atoms with Crippen LogP contribution in [0, 0.1) is 10.6 Å². The van der Waals surface area contributed by atoms with E-state index in [0.29, 0.717) is 10.6 Å². The van der Waals surface area contributed by atoms with Crippen LogP contribution < -0.4 is 5.32 Å². The highest BCUT2D eigenvalue weighted by molar-refractivity contribution is 7.71. The number of nitrogens with zero attached hydrogens (tertiary/aromatic N) is 3. The third kappa shape index (κ3) is 4.69. The lowest BCUT2D eigenvalue weighted by Crippen LogP contribution is -2.46. The van der Waals surface area contributed by atoms with Crippen LogP contribution in [0.1, 0.15) is 31.4 Å². The van der Waals surface area contributed by atoms with Crippen molar-refractivity contribution in [3.8, 4) is 10.7 Å². The molecule has 0 radical (unpaired) electrons. The van der Waals surface area contributed by atoms with Gasteiger partial charge >= 0.3 is 0 Å². The van der Waals surface area contributed by atoms with Crippen LogP contribution >= 0.6 is 23.6 Å². The average Bonchev–Trinajstić information content (AvgIpc) is 3.40. The van der Waals surface area contributed by atoms with Gasteiger partial charge in [-0.3, -0.25) is 19.4 Å². The molecular formula is C21H24FN5OS2. The van der Waals surface area contributed by atoms with E-state index in [1.807, 2.05) is 36.6 Å². The summed E-state index contributed by atoms with van der Waals surface area (Å²) in [6.07, 6.45) is 1.77. The molecule has 0 spiro atoms. The van der Waals surface area contributed by atoms with Crippen LogP contribution in [0.3, 0.4) is 0 Å². The maximum absolute atomic E-state index is 13.1. The molecule has 1 fully saturated rings. The van der Waals surface area contributed by atoms with E-state index in [2.05, 4.69) is 20.4 Å². The Morgan fingerprint density at radius 3 is 2.73 bits per heavy atom. The summed E-state index contributed by atoms with van der Waals surface area (Å²) in [5, 5.41) is 12.3. The largest absolute Gasteiger partial charge is 0.351 e. The molecule has 0 bridgehead atoms. The SMILES string of the molecule is CC(C(=O)NC1CCN(Cc2ccc(F)cc2)CC1)n1c(-c2cccs2)n[nH]c1=S. The van der Waals surface area contributed by atoms with Crippen LogP contribution in [0.25, 0.3) is 10.7 Å². The van der Waals surface area contributed by atoms with E-state index >= 15 is 0 Å². The molecular weight excluding hydrogens is 421 g/mol. The number of piperidine rings is 1. The Morgan fingerprint density at radius 1 is 1.33 bits per heavy atom. The summed E-state index contributed by atoms with van der Waals surface area (Å²) in [6, 6.07) is 10.2. The Hall–Kier alpha value is -2.36. The lowest BCUT2D eigenvalue weighted by molar-refractivity contribution is -0.124. The van der Waals surface area contributed by atoms with Gasteiger partial charge in [0.1, 0.15) is 11.9 Å². The summed E-state index contributed by atoms with van der Waals surface area (Å²) in [4.78, 5) is 16.2. The number of thiophene rings is 1. The zero-order valence-electron chi connectivity index (χ0n) is 16.7. The lowest BCUT2D eigenvalue weighted by atomic mass is 10.0. The fourth-order valence-electron chi connectivity index (χ4n) is 3.77. The minimum atomic E-state index is -0.453. The van der Waals surface area contributed by atoms with Crippen molar-refractivity contribution in [2.45, 2.75) is 38.4 Å². The molecule has 1 saturated heterocycles. The van der Waals surface area contributed by atoms with Gasteiger partial charge < -0.3 is 5.32 Å². The minimum absolute atomic E-state index is 0.0534. The number of hydrogen-bond acceptors (Lipinski definition) is 5. The lowest BCUT2D eigenvalue weighted by Gasteiger charge is -2.33. The second kappa shape index (κ2) is 9.20. The zero-order chi connectivity index (χ0) is 21.1. The highest BCUT2D eigenvalue weighted by Crippen LogP contribution is 2.26. The van der Waals surface area contributed by atoms with E-state index in [1.54, 1.807) is 15.9 Å². The second-order valence-electron chi connectivity index (χ2n) is 7.56. The van der Waals surface area contributed by atoms with Crippen molar-refractivity contribution < 1.29 is 9.18 Å². The van der Waals surface area contributed by atoms with Crippen molar-refractivity contribution in [1.82, 2.24) is 25.0 Å². The molecule has 1 aliphatic rings. The fraction of sp³-hybridized carbons (Fsp3) is 0.381. The number of nitrogens with one attached hydrogen (secondary N) is 2. The van der Waals surface area contributed by atoms with Crippen molar-refractivity contribution in [1.29, 1.82) is 0 Å². The van der Waals surface area contributed by atoms with Gasteiger partial charge in [0.2, 0.25) is 5.91 Å². The van der Waals surface area contributed by atoms with E-state index in [1.165, 1.54) is 12.1 Å². The van der Waals surface area contributed by atoms with Crippen LogP contribution in [0.2, 0.25) is 0 Å². The summed E-state index contributed by atoms with van der Waals surface area (Å²) >= 11 is 6.93. The maximum Gasteiger partial charge on any atom is 0.243 e. The van der Waals surface area contributed by atoms with Crippen LogP contribution in [0.5, 0.6) is 0 Å². The van der Waals surface area contributed by atoms with Gasteiger partial charge in [-0.2, -0.15) is 5.10 Å². The first-order chi connectivity index (χ1) is 14.5. The van der Waals surface area contributed by atoms with Crippen LogP contribution in [0.15, 0.2) is 41.8 Å². The molecule has 1 aliphatic heterocycles. The van der Waals surface area contributed by atoms with Crippen molar-refractivity contribution in [2.24, 2.45) is 0 Å². The number of halogens is 1. The molecule has 30 heavy (non-hydrogen) atoms. The molecule has 4 rings (SSSR count). The third-order valence-electron chi connectivity index (χ3n) is 5.47. The number of rotatable bonds is 6. The minimum Gasteiger partial charge on any atom is -0.351 e. The number of amides is 1. The molecule has 158 valence electrons.